The molecule has 0 fully saturated rings. The van der Waals surface area contributed by atoms with Gasteiger partial charge < -0.3 is 20.1 Å². The maximum atomic E-state index is 12.0. The van der Waals surface area contributed by atoms with Crippen LogP contribution in [0.25, 0.3) is 0 Å². The molecule has 0 bridgehead atoms. The molecule has 1 amide bonds. The number of benzene rings is 2. The van der Waals surface area contributed by atoms with Crippen molar-refractivity contribution in [1.29, 1.82) is 0 Å². The molecular formula is C21H28N2O3. The van der Waals surface area contributed by atoms with Crippen LogP contribution in [0.15, 0.2) is 48.5 Å². The second-order valence-electron chi connectivity index (χ2n) is 6.54. The number of ether oxygens (including phenoxy) is 2. The number of methoxy groups -OCH3 is 1. The zero-order valence-corrected chi connectivity index (χ0v) is 15.7. The Morgan fingerprint density at radius 2 is 1.85 bits per heavy atom. The summed E-state index contributed by atoms with van der Waals surface area (Å²) >= 11 is 0. The van der Waals surface area contributed by atoms with Crippen molar-refractivity contribution < 1.29 is 14.3 Å². The monoisotopic (exact) mass is 356 g/mol. The van der Waals surface area contributed by atoms with E-state index < -0.39 is 0 Å². The van der Waals surface area contributed by atoms with Gasteiger partial charge >= 0.3 is 0 Å². The van der Waals surface area contributed by atoms with Gasteiger partial charge in [-0.05, 0) is 42.2 Å². The number of hydrogen-bond acceptors (Lipinski definition) is 4. The molecule has 0 heterocycles. The average molecular weight is 356 g/mol. The van der Waals surface area contributed by atoms with E-state index in [9.17, 15) is 4.79 Å². The van der Waals surface area contributed by atoms with Crippen molar-refractivity contribution in [2.45, 2.75) is 26.8 Å². The molecular weight excluding hydrogens is 328 g/mol. The number of carbonyl (C=O) groups excluding carboxylic acids is 1. The average Bonchev–Trinajstić information content (AvgIpc) is 2.65. The fraction of sp³-hybridized carbons (Fsp3) is 0.381. The minimum Gasteiger partial charge on any atom is -0.497 e. The quantitative estimate of drug-likeness (QED) is 0.679. The van der Waals surface area contributed by atoms with E-state index in [-0.39, 0.29) is 12.5 Å². The molecule has 0 unspecified atom stereocenters. The normalized spacial score (nSPS) is 10.5. The zero-order chi connectivity index (χ0) is 18.8. The minimum absolute atomic E-state index is 0.0630. The van der Waals surface area contributed by atoms with Crippen molar-refractivity contribution in [3.63, 3.8) is 0 Å². The van der Waals surface area contributed by atoms with Crippen LogP contribution in [0.1, 0.15) is 25.8 Å². The lowest BCUT2D eigenvalue weighted by Gasteiger charge is -2.11. The van der Waals surface area contributed by atoms with Crippen molar-refractivity contribution in [1.82, 2.24) is 5.32 Å². The summed E-state index contributed by atoms with van der Waals surface area (Å²) in [6.07, 6.45) is 1.02. The van der Waals surface area contributed by atoms with Gasteiger partial charge in [0, 0.05) is 18.3 Å². The largest absolute Gasteiger partial charge is 0.497 e. The maximum Gasteiger partial charge on any atom is 0.239 e. The Hall–Kier alpha value is -2.69. The second-order valence-corrected chi connectivity index (χ2v) is 6.54. The van der Waals surface area contributed by atoms with Crippen molar-refractivity contribution in [3.05, 3.63) is 54.1 Å². The highest BCUT2D eigenvalue weighted by atomic mass is 16.5. The molecule has 0 radical (unpaired) electrons. The van der Waals surface area contributed by atoms with Crippen LogP contribution in [-0.2, 0) is 11.3 Å². The van der Waals surface area contributed by atoms with Crippen molar-refractivity contribution >= 4 is 11.6 Å². The topological polar surface area (TPSA) is 59.6 Å². The van der Waals surface area contributed by atoms with Crippen LogP contribution in [0.2, 0.25) is 0 Å². The molecule has 0 aromatic heterocycles. The summed E-state index contributed by atoms with van der Waals surface area (Å²) in [6.45, 7) is 5.75. The van der Waals surface area contributed by atoms with E-state index in [1.54, 1.807) is 7.11 Å². The van der Waals surface area contributed by atoms with Gasteiger partial charge in [-0.3, -0.25) is 4.79 Å². The highest BCUT2D eigenvalue weighted by molar-refractivity contribution is 5.80. The van der Waals surface area contributed by atoms with Crippen LogP contribution in [0.4, 0.5) is 5.69 Å². The van der Waals surface area contributed by atoms with E-state index in [4.69, 9.17) is 9.47 Å². The standard InChI is InChI=1S/C21H28N2O3/c1-16(2)11-12-26-20-6-4-5-18(13-20)22-15-21(24)23-14-17-7-9-19(25-3)10-8-17/h4-10,13,16,22H,11-12,14-15H2,1-3H3,(H,23,24). The molecule has 5 nitrogen and oxygen atoms in total. The lowest BCUT2D eigenvalue weighted by molar-refractivity contribution is -0.119. The van der Waals surface area contributed by atoms with Gasteiger partial charge in [0.15, 0.2) is 0 Å². The molecule has 2 aromatic carbocycles. The first-order chi connectivity index (χ1) is 12.6. The van der Waals surface area contributed by atoms with Crippen molar-refractivity contribution in [2.24, 2.45) is 5.92 Å². The van der Waals surface area contributed by atoms with E-state index in [0.29, 0.717) is 19.1 Å². The number of rotatable bonds is 10. The summed E-state index contributed by atoms with van der Waals surface area (Å²) in [5.41, 5.74) is 1.89. The number of hydrogen-bond donors (Lipinski definition) is 2. The first kappa shape index (κ1) is 19.6. The Bertz CT molecular complexity index is 684. The minimum atomic E-state index is -0.0630. The molecule has 0 aliphatic heterocycles. The SMILES string of the molecule is COc1ccc(CNC(=O)CNc2cccc(OCCC(C)C)c2)cc1. The van der Waals surface area contributed by atoms with Crippen LogP contribution in [-0.4, -0.2) is 26.2 Å². The molecule has 0 aliphatic carbocycles. The molecule has 2 aromatic rings. The highest BCUT2D eigenvalue weighted by Gasteiger charge is 2.03. The van der Waals surface area contributed by atoms with Crippen LogP contribution in [0.5, 0.6) is 11.5 Å². The predicted molar refractivity (Wildman–Crippen MR) is 105 cm³/mol. The van der Waals surface area contributed by atoms with Crippen LogP contribution in [0, 0.1) is 5.92 Å². The molecule has 0 saturated heterocycles. The molecule has 0 aliphatic rings. The summed E-state index contributed by atoms with van der Waals surface area (Å²) in [5, 5.41) is 6.02. The Balaban J connectivity index is 1.74. The second kappa shape index (κ2) is 10.3. The van der Waals surface area contributed by atoms with Crippen molar-refractivity contribution in [2.75, 3.05) is 25.6 Å². The summed E-state index contributed by atoms with van der Waals surface area (Å²) in [7, 11) is 1.63. The van der Waals surface area contributed by atoms with Gasteiger partial charge in [-0.25, -0.2) is 0 Å². The predicted octanol–water partition coefficient (Wildman–Crippen LogP) is 3.85. The smallest absolute Gasteiger partial charge is 0.239 e. The van der Waals surface area contributed by atoms with E-state index in [0.717, 1.165) is 29.2 Å². The molecule has 5 heteroatoms. The summed E-state index contributed by atoms with van der Waals surface area (Å²) in [4.78, 5) is 12.0. The molecule has 2 N–H and O–H groups in total. The number of nitrogens with one attached hydrogen (secondary N) is 2. The Morgan fingerprint density at radius 1 is 1.08 bits per heavy atom. The molecule has 0 atom stereocenters. The van der Waals surface area contributed by atoms with Gasteiger partial charge in [-0.15, -0.1) is 0 Å². The van der Waals surface area contributed by atoms with Gasteiger partial charge in [-0.1, -0.05) is 32.0 Å². The van der Waals surface area contributed by atoms with Crippen molar-refractivity contribution in [3.8, 4) is 11.5 Å². The Labute approximate surface area is 155 Å². The fourth-order valence-corrected chi connectivity index (χ4v) is 2.30. The third-order valence-corrected chi connectivity index (χ3v) is 3.90. The third kappa shape index (κ3) is 7.05. The van der Waals surface area contributed by atoms with Crippen LogP contribution >= 0.6 is 0 Å². The summed E-state index contributed by atoms with van der Waals surface area (Å²) in [6, 6.07) is 15.3. The fourth-order valence-electron chi connectivity index (χ4n) is 2.30. The Morgan fingerprint density at radius 3 is 2.54 bits per heavy atom. The van der Waals surface area contributed by atoms with E-state index >= 15 is 0 Å². The maximum absolute atomic E-state index is 12.0. The van der Waals surface area contributed by atoms with Crippen LogP contribution in [0.3, 0.4) is 0 Å². The van der Waals surface area contributed by atoms with E-state index in [2.05, 4.69) is 24.5 Å². The first-order valence-corrected chi connectivity index (χ1v) is 8.93. The summed E-state index contributed by atoms with van der Waals surface area (Å²) < 4.78 is 10.9. The lowest BCUT2D eigenvalue weighted by Crippen LogP contribution is -2.29. The van der Waals surface area contributed by atoms with Crippen LogP contribution < -0.4 is 20.1 Å². The lowest BCUT2D eigenvalue weighted by atomic mass is 10.1. The van der Waals surface area contributed by atoms with Gasteiger partial charge in [-0.2, -0.15) is 0 Å². The molecule has 140 valence electrons. The number of carbonyl (C=O) groups is 1. The van der Waals surface area contributed by atoms with Gasteiger partial charge in [0.2, 0.25) is 5.91 Å². The van der Waals surface area contributed by atoms with Gasteiger partial charge in [0.1, 0.15) is 11.5 Å². The Kier molecular flexibility index (Phi) is 7.80. The van der Waals surface area contributed by atoms with E-state index in [1.165, 1.54) is 0 Å². The third-order valence-electron chi connectivity index (χ3n) is 3.90. The highest BCUT2D eigenvalue weighted by Crippen LogP contribution is 2.18. The summed E-state index contributed by atoms with van der Waals surface area (Å²) in [5.74, 6) is 2.17. The molecule has 0 saturated carbocycles. The number of amides is 1. The van der Waals surface area contributed by atoms with Gasteiger partial charge in [0.25, 0.3) is 0 Å². The van der Waals surface area contributed by atoms with E-state index in [1.807, 2.05) is 48.5 Å². The van der Waals surface area contributed by atoms with Gasteiger partial charge in [0.05, 0.1) is 20.3 Å². The first-order valence-electron chi connectivity index (χ1n) is 8.93. The number of anilines is 1. The zero-order valence-electron chi connectivity index (χ0n) is 15.7. The molecule has 0 spiro atoms. The molecule has 26 heavy (non-hydrogen) atoms. The molecule has 2 rings (SSSR count).